The summed E-state index contributed by atoms with van der Waals surface area (Å²) in [5, 5.41) is 10.7. The molecule has 0 aromatic heterocycles. The van der Waals surface area contributed by atoms with Crippen molar-refractivity contribution >= 4 is 0 Å². The van der Waals surface area contributed by atoms with E-state index in [0.717, 1.165) is 31.1 Å². The van der Waals surface area contributed by atoms with E-state index in [9.17, 15) is 5.11 Å². The quantitative estimate of drug-likeness (QED) is 0.882. The van der Waals surface area contributed by atoms with Gasteiger partial charge in [0, 0.05) is 0 Å². The third-order valence-corrected chi connectivity index (χ3v) is 5.62. The molecule has 1 aliphatic heterocycles. The predicted molar refractivity (Wildman–Crippen MR) is 85.7 cm³/mol. The molecule has 1 saturated carbocycles. The first-order valence-electron chi connectivity index (χ1n) is 8.67. The molecule has 2 heteroatoms. The van der Waals surface area contributed by atoms with Crippen LogP contribution in [-0.2, 0) is 0 Å². The second-order valence-corrected chi connectivity index (χ2v) is 6.86. The van der Waals surface area contributed by atoms with Crippen LogP contribution in [0.25, 0.3) is 0 Å². The van der Waals surface area contributed by atoms with Crippen molar-refractivity contribution in [3.05, 3.63) is 29.8 Å². The van der Waals surface area contributed by atoms with Gasteiger partial charge < -0.3 is 9.84 Å². The van der Waals surface area contributed by atoms with Gasteiger partial charge in [-0.15, -0.1) is 0 Å². The number of para-hydroxylation sites is 1. The molecule has 2 nitrogen and oxygen atoms in total. The van der Waals surface area contributed by atoms with E-state index in [2.05, 4.69) is 25.1 Å². The summed E-state index contributed by atoms with van der Waals surface area (Å²) in [7, 11) is 0. The SMILES string of the molecule is CCC1CCC(C(O)CC2CCOc3ccccc32)CC1. The molecule has 2 aliphatic rings. The van der Waals surface area contributed by atoms with Crippen molar-refractivity contribution in [3.8, 4) is 5.75 Å². The summed E-state index contributed by atoms with van der Waals surface area (Å²) in [6.45, 7) is 3.08. The molecule has 0 saturated heterocycles. The lowest BCUT2D eigenvalue weighted by atomic mass is 9.75. The Hall–Kier alpha value is -1.02. The van der Waals surface area contributed by atoms with Crippen LogP contribution in [0.4, 0.5) is 0 Å². The lowest BCUT2D eigenvalue weighted by Crippen LogP contribution is -2.28. The summed E-state index contributed by atoms with van der Waals surface area (Å²) in [5.74, 6) is 2.91. The van der Waals surface area contributed by atoms with Crippen molar-refractivity contribution in [2.45, 2.75) is 63.9 Å². The van der Waals surface area contributed by atoms with Crippen molar-refractivity contribution in [1.29, 1.82) is 0 Å². The van der Waals surface area contributed by atoms with Crippen molar-refractivity contribution in [2.24, 2.45) is 11.8 Å². The van der Waals surface area contributed by atoms with E-state index in [1.807, 2.05) is 6.07 Å². The minimum Gasteiger partial charge on any atom is -0.493 e. The standard InChI is InChI=1S/C19H28O2/c1-2-14-7-9-15(10-8-14)18(20)13-16-11-12-21-19-6-4-3-5-17(16)19/h3-6,14-16,18,20H,2,7-13H2,1H3. The Bertz CT molecular complexity index is 449. The number of hydrogen-bond acceptors (Lipinski definition) is 2. The van der Waals surface area contributed by atoms with Gasteiger partial charge in [0.15, 0.2) is 0 Å². The summed E-state index contributed by atoms with van der Waals surface area (Å²) < 4.78 is 5.73. The number of hydrogen-bond donors (Lipinski definition) is 1. The first kappa shape index (κ1) is 14.9. The van der Waals surface area contributed by atoms with Gasteiger partial charge in [0.2, 0.25) is 0 Å². The molecule has 1 aromatic rings. The minimum atomic E-state index is -0.140. The van der Waals surface area contributed by atoms with Crippen molar-refractivity contribution < 1.29 is 9.84 Å². The van der Waals surface area contributed by atoms with Crippen LogP contribution in [0.15, 0.2) is 24.3 Å². The fraction of sp³-hybridized carbons (Fsp3) is 0.684. The van der Waals surface area contributed by atoms with Gasteiger partial charge in [0.05, 0.1) is 12.7 Å². The number of fused-ring (bicyclic) bond motifs is 1. The van der Waals surface area contributed by atoms with Crippen LogP contribution >= 0.6 is 0 Å². The monoisotopic (exact) mass is 288 g/mol. The second-order valence-electron chi connectivity index (χ2n) is 6.86. The third-order valence-electron chi connectivity index (χ3n) is 5.62. The van der Waals surface area contributed by atoms with Crippen LogP contribution in [0.5, 0.6) is 5.75 Å². The van der Waals surface area contributed by atoms with Crippen LogP contribution in [-0.4, -0.2) is 17.8 Å². The fourth-order valence-corrected chi connectivity index (χ4v) is 4.13. The Balaban J connectivity index is 1.60. The molecule has 0 spiro atoms. The highest BCUT2D eigenvalue weighted by Crippen LogP contribution is 2.39. The number of benzene rings is 1. The molecule has 2 atom stereocenters. The molecular formula is C19H28O2. The Labute approximate surface area is 128 Å². The zero-order chi connectivity index (χ0) is 14.7. The predicted octanol–water partition coefficient (Wildman–Crippen LogP) is 4.52. The third kappa shape index (κ3) is 3.42. The highest BCUT2D eigenvalue weighted by atomic mass is 16.5. The molecule has 3 rings (SSSR count). The fourth-order valence-electron chi connectivity index (χ4n) is 4.13. The van der Waals surface area contributed by atoms with E-state index in [1.54, 1.807) is 0 Å². The first-order valence-corrected chi connectivity index (χ1v) is 8.67. The van der Waals surface area contributed by atoms with Gasteiger partial charge in [0.1, 0.15) is 5.75 Å². The van der Waals surface area contributed by atoms with Crippen LogP contribution in [0.2, 0.25) is 0 Å². The number of rotatable bonds is 4. The maximum absolute atomic E-state index is 10.7. The molecule has 0 radical (unpaired) electrons. The van der Waals surface area contributed by atoms with E-state index in [1.165, 1.54) is 37.7 Å². The lowest BCUT2D eigenvalue weighted by Gasteiger charge is -2.34. The minimum absolute atomic E-state index is 0.140. The molecule has 1 N–H and O–H groups in total. The maximum atomic E-state index is 10.7. The van der Waals surface area contributed by atoms with E-state index in [-0.39, 0.29) is 6.10 Å². The van der Waals surface area contributed by atoms with Gasteiger partial charge in [-0.1, -0.05) is 44.4 Å². The Kier molecular flexibility index (Phi) is 4.84. The van der Waals surface area contributed by atoms with Crippen molar-refractivity contribution in [3.63, 3.8) is 0 Å². The number of aliphatic hydroxyl groups excluding tert-OH is 1. The zero-order valence-electron chi connectivity index (χ0n) is 13.1. The Morgan fingerprint density at radius 2 is 1.90 bits per heavy atom. The largest absolute Gasteiger partial charge is 0.493 e. The molecule has 1 aromatic carbocycles. The van der Waals surface area contributed by atoms with E-state index in [4.69, 9.17) is 4.74 Å². The summed E-state index contributed by atoms with van der Waals surface area (Å²) in [5.41, 5.74) is 1.30. The average Bonchev–Trinajstić information content (AvgIpc) is 2.55. The van der Waals surface area contributed by atoms with Gasteiger partial charge in [-0.25, -0.2) is 0 Å². The molecule has 116 valence electrons. The molecule has 2 unspecified atom stereocenters. The average molecular weight is 288 g/mol. The normalized spacial score (nSPS) is 30.3. The topological polar surface area (TPSA) is 29.5 Å². The van der Waals surface area contributed by atoms with Crippen molar-refractivity contribution in [2.75, 3.05) is 6.61 Å². The number of ether oxygens (including phenoxy) is 1. The van der Waals surface area contributed by atoms with E-state index in [0.29, 0.717) is 11.8 Å². The summed E-state index contributed by atoms with van der Waals surface area (Å²) >= 11 is 0. The maximum Gasteiger partial charge on any atom is 0.122 e. The highest BCUT2D eigenvalue weighted by Gasteiger charge is 2.30. The van der Waals surface area contributed by atoms with Crippen LogP contribution in [0.3, 0.4) is 0 Å². The molecule has 21 heavy (non-hydrogen) atoms. The van der Waals surface area contributed by atoms with Crippen molar-refractivity contribution in [1.82, 2.24) is 0 Å². The van der Waals surface area contributed by atoms with Gasteiger partial charge in [0.25, 0.3) is 0 Å². The molecule has 1 fully saturated rings. The molecular weight excluding hydrogens is 260 g/mol. The Morgan fingerprint density at radius 3 is 2.67 bits per heavy atom. The van der Waals surface area contributed by atoms with Crippen LogP contribution in [0, 0.1) is 11.8 Å². The number of aliphatic hydroxyl groups is 1. The van der Waals surface area contributed by atoms with Crippen LogP contribution in [0.1, 0.15) is 63.4 Å². The van der Waals surface area contributed by atoms with Gasteiger partial charge >= 0.3 is 0 Å². The summed E-state index contributed by atoms with van der Waals surface area (Å²) in [6.07, 6.45) is 8.15. The van der Waals surface area contributed by atoms with E-state index < -0.39 is 0 Å². The molecule has 1 aliphatic carbocycles. The van der Waals surface area contributed by atoms with E-state index >= 15 is 0 Å². The highest BCUT2D eigenvalue weighted by molar-refractivity contribution is 5.37. The smallest absolute Gasteiger partial charge is 0.122 e. The van der Waals surface area contributed by atoms with Crippen LogP contribution < -0.4 is 4.74 Å². The van der Waals surface area contributed by atoms with Gasteiger partial charge in [-0.05, 0) is 55.1 Å². The summed E-state index contributed by atoms with van der Waals surface area (Å²) in [6, 6.07) is 8.34. The summed E-state index contributed by atoms with van der Waals surface area (Å²) in [4.78, 5) is 0. The molecule has 0 amide bonds. The van der Waals surface area contributed by atoms with Gasteiger partial charge in [-0.2, -0.15) is 0 Å². The lowest BCUT2D eigenvalue weighted by molar-refractivity contribution is 0.0565. The molecule has 1 heterocycles. The molecule has 0 bridgehead atoms. The second kappa shape index (κ2) is 6.83. The van der Waals surface area contributed by atoms with Gasteiger partial charge in [-0.3, -0.25) is 0 Å². The Morgan fingerprint density at radius 1 is 1.14 bits per heavy atom. The zero-order valence-corrected chi connectivity index (χ0v) is 13.1. The first-order chi connectivity index (χ1) is 10.3.